The summed E-state index contributed by atoms with van der Waals surface area (Å²) in [4.78, 5) is 11.1. The van der Waals surface area contributed by atoms with Crippen molar-refractivity contribution in [3.63, 3.8) is 0 Å². The third-order valence-corrected chi connectivity index (χ3v) is 3.64. The number of rotatable bonds is 3. The molecule has 0 bridgehead atoms. The van der Waals surface area contributed by atoms with Gasteiger partial charge in [0.25, 0.3) is 0 Å². The highest BCUT2D eigenvalue weighted by atomic mass is 127. The molecule has 0 aliphatic carbocycles. The number of carbonyl (C=O) groups is 1. The molecule has 0 spiro atoms. The summed E-state index contributed by atoms with van der Waals surface area (Å²) in [5.41, 5.74) is 0. The van der Waals surface area contributed by atoms with E-state index in [1.54, 1.807) is 0 Å². The van der Waals surface area contributed by atoms with E-state index in [1.165, 1.54) is 7.11 Å². The van der Waals surface area contributed by atoms with Gasteiger partial charge in [0.05, 0.1) is 7.11 Å². The van der Waals surface area contributed by atoms with Gasteiger partial charge in [0.2, 0.25) is 0 Å². The lowest BCUT2D eigenvalue weighted by molar-refractivity contribution is -0.143. The van der Waals surface area contributed by atoms with Crippen LogP contribution in [0.25, 0.3) is 0 Å². The first-order chi connectivity index (χ1) is 4.60. The Labute approximate surface area is 75.5 Å². The van der Waals surface area contributed by atoms with E-state index in [9.17, 15) is 4.79 Å². The highest BCUT2D eigenvalue weighted by Crippen LogP contribution is 2.28. The number of hydrogen-bond donors (Lipinski definition) is 0. The summed E-state index contributed by atoms with van der Waals surface area (Å²) in [5, 5.41) is 0. The topological polar surface area (TPSA) is 26.3 Å². The maximum atomic E-state index is 11.1. The molecule has 0 heterocycles. The van der Waals surface area contributed by atoms with Crippen LogP contribution in [0.15, 0.2) is 0 Å². The van der Waals surface area contributed by atoms with Crippen molar-refractivity contribution in [1.82, 2.24) is 0 Å². The summed E-state index contributed by atoms with van der Waals surface area (Å²) in [6, 6.07) is 0. The Bertz CT molecular complexity index is 119. The lowest BCUT2D eigenvalue weighted by Gasteiger charge is -2.20. The average molecular weight is 256 g/mol. The fraction of sp³-hybridized carbons (Fsp3) is 0.857. The van der Waals surface area contributed by atoms with Crippen LogP contribution in [0.5, 0.6) is 0 Å². The lowest BCUT2D eigenvalue weighted by atomic mass is 10.0. The van der Waals surface area contributed by atoms with Crippen LogP contribution in [-0.4, -0.2) is 16.5 Å². The quantitative estimate of drug-likeness (QED) is 0.439. The van der Waals surface area contributed by atoms with Gasteiger partial charge in [-0.3, -0.25) is 4.79 Å². The molecule has 2 nitrogen and oxygen atoms in total. The standard InChI is InChI=1S/C7H13IO2/c1-4-7(8,5-2)6(9)10-3/h4-5H2,1-3H3. The van der Waals surface area contributed by atoms with E-state index in [-0.39, 0.29) is 9.39 Å². The molecule has 0 fully saturated rings. The molecule has 0 aromatic heterocycles. The lowest BCUT2D eigenvalue weighted by Crippen LogP contribution is -2.31. The maximum absolute atomic E-state index is 11.1. The first-order valence-electron chi connectivity index (χ1n) is 3.38. The number of esters is 1. The number of methoxy groups -OCH3 is 1. The predicted molar refractivity (Wildman–Crippen MR) is 49.3 cm³/mol. The molecule has 3 heteroatoms. The minimum absolute atomic E-state index is 0.113. The van der Waals surface area contributed by atoms with E-state index in [1.807, 2.05) is 13.8 Å². The van der Waals surface area contributed by atoms with Gasteiger partial charge in [-0.2, -0.15) is 0 Å². The van der Waals surface area contributed by atoms with Crippen LogP contribution in [-0.2, 0) is 9.53 Å². The van der Waals surface area contributed by atoms with Crippen LogP contribution in [0.2, 0.25) is 0 Å². The molecule has 0 aromatic rings. The van der Waals surface area contributed by atoms with Crippen molar-refractivity contribution in [3.8, 4) is 0 Å². The molecule has 0 rings (SSSR count). The largest absolute Gasteiger partial charge is 0.468 e. The maximum Gasteiger partial charge on any atom is 0.321 e. The minimum Gasteiger partial charge on any atom is -0.468 e. The van der Waals surface area contributed by atoms with E-state index in [2.05, 4.69) is 27.3 Å². The molecule has 0 atom stereocenters. The average Bonchev–Trinajstić information content (AvgIpc) is 2.01. The van der Waals surface area contributed by atoms with Gasteiger partial charge < -0.3 is 4.74 Å². The molecular formula is C7H13IO2. The third-order valence-electron chi connectivity index (χ3n) is 1.67. The SMILES string of the molecule is CCC(I)(CC)C(=O)OC. The summed E-state index contributed by atoms with van der Waals surface area (Å²) < 4.78 is 4.35. The number of alkyl halides is 1. The Morgan fingerprint density at radius 3 is 2.00 bits per heavy atom. The molecule has 10 heavy (non-hydrogen) atoms. The van der Waals surface area contributed by atoms with Crippen LogP contribution >= 0.6 is 22.6 Å². The van der Waals surface area contributed by atoms with Gasteiger partial charge in [0, 0.05) is 0 Å². The Kier molecular flexibility index (Phi) is 4.24. The molecule has 0 N–H and O–H groups in total. The molecule has 0 aromatic carbocycles. The first-order valence-corrected chi connectivity index (χ1v) is 4.46. The summed E-state index contributed by atoms with van der Waals surface area (Å²) in [5.74, 6) is -0.113. The molecule has 0 saturated carbocycles. The van der Waals surface area contributed by atoms with Gasteiger partial charge in [0.15, 0.2) is 0 Å². The fourth-order valence-corrected chi connectivity index (χ4v) is 0.942. The van der Waals surface area contributed by atoms with Crippen LogP contribution in [0, 0.1) is 0 Å². The van der Waals surface area contributed by atoms with Crippen LogP contribution in [0.1, 0.15) is 26.7 Å². The number of carbonyl (C=O) groups excluding carboxylic acids is 1. The molecule has 0 radical (unpaired) electrons. The van der Waals surface area contributed by atoms with E-state index in [0.717, 1.165) is 12.8 Å². The third kappa shape index (κ3) is 2.11. The molecule has 0 unspecified atom stereocenters. The molecule has 60 valence electrons. The Balaban J connectivity index is 4.17. The summed E-state index contributed by atoms with van der Waals surface area (Å²) in [6.45, 7) is 3.99. The summed E-state index contributed by atoms with van der Waals surface area (Å²) in [6.07, 6.45) is 1.66. The Morgan fingerprint density at radius 1 is 1.50 bits per heavy atom. The highest BCUT2D eigenvalue weighted by molar-refractivity contribution is 14.1. The van der Waals surface area contributed by atoms with Crippen molar-refractivity contribution in [2.24, 2.45) is 0 Å². The van der Waals surface area contributed by atoms with E-state index in [4.69, 9.17) is 0 Å². The zero-order chi connectivity index (χ0) is 8.20. The number of ether oxygens (including phenoxy) is 1. The molecule has 0 aliphatic heterocycles. The van der Waals surface area contributed by atoms with Crippen LogP contribution in [0.4, 0.5) is 0 Å². The smallest absolute Gasteiger partial charge is 0.321 e. The van der Waals surface area contributed by atoms with E-state index < -0.39 is 0 Å². The van der Waals surface area contributed by atoms with Gasteiger partial charge in [-0.25, -0.2) is 0 Å². The summed E-state index contributed by atoms with van der Waals surface area (Å²) in [7, 11) is 1.43. The normalized spacial score (nSPS) is 11.2. The predicted octanol–water partition coefficient (Wildman–Crippen LogP) is 2.15. The van der Waals surface area contributed by atoms with Gasteiger partial charge in [-0.05, 0) is 12.8 Å². The van der Waals surface area contributed by atoms with Gasteiger partial charge in [0.1, 0.15) is 3.42 Å². The van der Waals surface area contributed by atoms with Crippen molar-refractivity contribution < 1.29 is 9.53 Å². The van der Waals surface area contributed by atoms with E-state index >= 15 is 0 Å². The van der Waals surface area contributed by atoms with Crippen LogP contribution in [0.3, 0.4) is 0 Å². The number of hydrogen-bond acceptors (Lipinski definition) is 2. The van der Waals surface area contributed by atoms with Gasteiger partial charge in [-0.1, -0.05) is 36.4 Å². The molecular weight excluding hydrogens is 243 g/mol. The van der Waals surface area contributed by atoms with Crippen LogP contribution < -0.4 is 0 Å². The second kappa shape index (κ2) is 4.16. The minimum atomic E-state index is -0.299. The second-order valence-corrected chi connectivity index (χ2v) is 4.23. The monoisotopic (exact) mass is 256 g/mol. The Morgan fingerprint density at radius 2 is 1.90 bits per heavy atom. The molecule has 0 amide bonds. The second-order valence-electron chi connectivity index (χ2n) is 2.16. The Hall–Kier alpha value is 0.200. The van der Waals surface area contributed by atoms with Gasteiger partial charge in [-0.15, -0.1) is 0 Å². The van der Waals surface area contributed by atoms with Crippen molar-refractivity contribution in [2.45, 2.75) is 30.1 Å². The van der Waals surface area contributed by atoms with Crippen molar-refractivity contribution in [3.05, 3.63) is 0 Å². The highest BCUT2D eigenvalue weighted by Gasteiger charge is 2.32. The fourth-order valence-electron chi connectivity index (χ4n) is 0.722. The zero-order valence-corrected chi connectivity index (χ0v) is 8.77. The molecule has 0 aliphatic rings. The number of halogens is 1. The van der Waals surface area contributed by atoms with E-state index in [0.29, 0.717) is 0 Å². The first kappa shape index (κ1) is 10.2. The zero-order valence-electron chi connectivity index (χ0n) is 6.61. The van der Waals surface area contributed by atoms with Crippen molar-refractivity contribution >= 4 is 28.6 Å². The van der Waals surface area contributed by atoms with Crippen molar-refractivity contribution in [2.75, 3.05) is 7.11 Å². The van der Waals surface area contributed by atoms with Crippen molar-refractivity contribution in [1.29, 1.82) is 0 Å². The van der Waals surface area contributed by atoms with Gasteiger partial charge >= 0.3 is 5.97 Å². The summed E-state index contributed by atoms with van der Waals surface area (Å²) >= 11 is 2.15. The molecule has 0 saturated heterocycles.